The second-order valence-electron chi connectivity index (χ2n) is 3.03. The molecule has 0 aliphatic rings. The highest BCUT2D eigenvalue weighted by Gasteiger charge is 2.11. The quantitative estimate of drug-likeness (QED) is 0.837. The molecule has 0 atom stereocenters. The maximum Gasteiger partial charge on any atom is 0.199 e. The molecular weight excluding hydrogens is 297 g/mol. The van der Waals surface area contributed by atoms with Crippen molar-refractivity contribution in [1.29, 1.82) is 0 Å². The molecule has 16 heavy (non-hydrogen) atoms. The van der Waals surface area contributed by atoms with Crippen LogP contribution in [0, 0.1) is 10.6 Å². The summed E-state index contributed by atoms with van der Waals surface area (Å²) in [5.41, 5.74) is 0.503. The van der Waals surface area contributed by atoms with Crippen molar-refractivity contribution in [1.82, 2.24) is 14.8 Å². The largest absolute Gasteiger partial charge is 0.388 e. The van der Waals surface area contributed by atoms with Crippen molar-refractivity contribution in [3.8, 4) is 5.69 Å². The van der Waals surface area contributed by atoms with Gasteiger partial charge < -0.3 is 5.11 Å². The van der Waals surface area contributed by atoms with Gasteiger partial charge in [-0.2, -0.15) is 5.10 Å². The second-order valence-corrected chi connectivity index (χ2v) is 4.28. The molecular formula is C9H7BrFN3OS. The van der Waals surface area contributed by atoms with E-state index >= 15 is 0 Å². The number of hydrogen-bond acceptors (Lipinski definition) is 3. The van der Waals surface area contributed by atoms with E-state index in [9.17, 15) is 4.39 Å². The molecule has 2 aromatic rings. The number of rotatable bonds is 2. The molecule has 2 rings (SSSR count). The highest BCUT2D eigenvalue weighted by atomic mass is 79.9. The molecule has 4 nitrogen and oxygen atoms in total. The zero-order valence-electron chi connectivity index (χ0n) is 7.94. The summed E-state index contributed by atoms with van der Waals surface area (Å²) in [6, 6.07) is 4.21. The van der Waals surface area contributed by atoms with E-state index in [-0.39, 0.29) is 12.4 Å². The fraction of sp³-hybridized carbons (Fsp3) is 0.111. The number of nitrogens with zero attached hydrogens (tertiary/aromatic N) is 2. The number of H-pyrrole nitrogens is 1. The van der Waals surface area contributed by atoms with Crippen LogP contribution < -0.4 is 0 Å². The van der Waals surface area contributed by atoms with Gasteiger partial charge in [0.1, 0.15) is 12.4 Å². The summed E-state index contributed by atoms with van der Waals surface area (Å²) in [5, 5.41) is 15.5. The zero-order chi connectivity index (χ0) is 11.7. The Balaban J connectivity index is 2.71. The van der Waals surface area contributed by atoms with Gasteiger partial charge in [0.25, 0.3) is 0 Å². The topological polar surface area (TPSA) is 53.8 Å². The van der Waals surface area contributed by atoms with Crippen molar-refractivity contribution < 1.29 is 9.50 Å². The highest BCUT2D eigenvalue weighted by molar-refractivity contribution is 9.10. The molecule has 2 N–H and O–H groups in total. The van der Waals surface area contributed by atoms with Crippen LogP contribution in [0.15, 0.2) is 22.7 Å². The molecule has 0 amide bonds. The first kappa shape index (κ1) is 11.4. The van der Waals surface area contributed by atoms with E-state index in [2.05, 4.69) is 26.1 Å². The van der Waals surface area contributed by atoms with Crippen LogP contribution in [0.1, 0.15) is 5.82 Å². The van der Waals surface area contributed by atoms with Crippen molar-refractivity contribution >= 4 is 28.1 Å². The maximum atomic E-state index is 13.1. The molecule has 84 valence electrons. The minimum Gasteiger partial charge on any atom is -0.388 e. The molecule has 0 aliphatic carbocycles. The third-order valence-corrected chi connectivity index (χ3v) is 2.98. The van der Waals surface area contributed by atoms with E-state index in [4.69, 9.17) is 17.3 Å². The Hall–Kier alpha value is -1.05. The van der Waals surface area contributed by atoms with Crippen LogP contribution in [0.4, 0.5) is 4.39 Å². The first-order chi connectivity index (χ1) is 7.63. The first-order valence-electron chi connectivity index (χ1n) is 4.36. The predicted molar refractivity (Wildman–Crippen MR) is 62.3 cm³/mol. The van der Waals surface area contributed by atoms with E-state index in [1.165, 1.54) is 16.7 Å². The molecule has 0 radical (unpaired) electrons. The number of benzene rings is 1. The number of aliphatic hydroxyl groups excluding tert-OH is 1. The number of hydrogen-bond donors (Lipinski definition) is 2. The third-order valence-electron chi connectivity index (χ3n) is 2.03. The van der Waals surface area contributed by atoms with Gasteiger partial charge in [-0.05, 0) is 46.3 Å². The first-order valence-corrected chi connectivity index (χ1v) is 5.56. The minimum atomic E-state index is -0.384. The lowest BCUT2D eigenvalue weighted by Crippen LogP contribution is -2.02. The summed E-state index contributed by atoms with van der Waals surface area (Å²) in [6.07, 6.45) is 0. The summed E-state index contributed by atoms with van der Waals surface area (Å²) < 4.78 is 15.6. The van der Waals surface area contributed by atoms with Crippen LogP contribution in [0.5, 0.6) is 0 Å². The van der Waals surface area contributed by atoms with E-state index in [0.717, 1.165) is 0 Å². The van der Waals surface area contributed by atoms with E-state index in [0.29, 0.717) is 20.8 Å². The van der Waals surface area contributed by atoms with Gasteiger partial charge in [0, 0.05) is 4.47 Å². The smallest absolute Gasteiger partial charge is 0.199 e. The average molecular weight is 304 g/mol. The van der Waals surface area contributed by atoms with Crippen LogP contribution in [0.25, 0.3) is 5.69 Å². The Morgan fingerprint density at radius 3 is 3.00 bits per heavy atom. The summed E-state index contributed by atoms with van der Waals surface area (Å²) in [7, 11) is 0. The fourth-order valence-electron chi connectivity index (χ4n) is 1.34. The van der Waals surface area contributed by atoms with Crippen LogP contribution in [-0.4, -0.2) is 19.9 Å². The zero-order valence-corrected chi connectivity index (χ0v) is 10.3. The van der Waals surface area contributed by atoms with Gasteiger partial charge in [-0.25, -0.2) is 4.39 Å². The average Bonchev–Trinajstić information content (AvgIpc) is 2.63. The van der Waals surface area contributed by atoms with Gasteiger partial charge in [-0.15, -0.1) is 0 Å². The number of halogens is 2. The Morgan fingerprint density at radius 2 is 2.31 bits per heavy atom. The van der Waals surface area contributed by atoms with Crippen molar-refractivity contribution in [2.24, 2.45) is 0 Å². The van der Waals surface area contributed by atoms with E-state index < -0.39 is 0 Å². The molecule has 0 fully saturated rings. The van der Waals surface area contributed by atoms with Gasteiger partial charge in [-0.3, -0.25) is 9.67 Å². The maximum absolute atomic E-state index is 13.1. The van der Waals surface area contributed by atoms with Crippen LogP contribution in [0.3, 0.4) is 0 Å². The van der Waals surface area contributed by atoms with Gasteiger partial charge in [0.05, 0.1) is 5.69 Å². The van der Waals surface area contributed by atoms with E-state index in [1.54, 1.807) is 6.07 Å². The van der Waals surface area contributed by atoms with Crippen LogP contribution in [-0.2, 0) is 6.61 Å². The second kappa shape index (κ2) is 4.44. The Bertz CT molecular complexity index is 580. The number of aromatic nitrogens is 3. The van der Waals surface area contributed by atoms with Gasteiger partial charge in [0.2, 0.25) is 0 Å². The number of aromatic amines is 1. The molecule has 7 heteroatoms. The molecule has 1 aromatic heterocycles. The predicted octanol–water partition coefficient (Wildman–Crippen LogP) is 2.32. The summed E-state index contributed by atoms with van der Waals surface area (Å²) in [6.45, 7) is -0.282. The van der Waals surface area contributed by atoms with Crippen molar-refractivity contribution in [2.75, 3.05) is 0 Å². The molecule has 0 saturated carbocycles. The standard InChI is InChI=1S/C9H7BrFN3OS/c10-6-2-1-5(11)3-7(6)14-8(4-15)12-13-9(14)16/h1-3,15H,4H2,(H,13,16). The molecule has 0 saturated heterocycles. The summed E-state index contributed by atoms with van der Waals surface area (Å²) in [5.74, 6) is -0.0542. The Morgan fingerprint density at radius 1 is 1.56 bits per heavy atom. The highest BCUT2D eigenvalue weighted by Crippen LogP contribution is 2.23. The molecule has 1 heterocycles. The van der Waals surface area contributed by atoms with Crippen LogP contribution >= 0.6 is 28.1 Å². The monoisotopic (exact) mass is 303 g/mol. The van der Waals surface area contributed by atoms with Gasteiger partial charge in [-0.1, -0.05) is 0 Å². The summed E-state index contributed by atoms with van der Waals surface area (Å²) in [4.78, 5) is 0. The lowest BCUT2D eigenvalue weighted by Gasteiger charge is -2.07. The molecule has 0 aliphatic heterocycles. The van der Waals surface area contributed by atoms with E-state index in [1.807, 2.05) is 0 Å². The molecule has 1 aromatic carbocycles. The fourth-order valence-corrected chi connectivity index (χ4v) is 2.01. The number of nitrogens with one attached hydrogen (secondary N) is 1. The number of aliphatic hydroxyl groups is 1. The van der Waals surface area contributed by atoms with Crippen molar-refractivity contribution in [2.45, 2.75) is 6.61 Å². The Labute approximate surface area is 104 Å². The molecule has 0 bridgehead atoms. The lowest BCUT2D eigenvalue weighted by atomic mass is 10.3. The lowest BCUT2D eigenvalue weighted by molar-refractivity contribution is 0.268. The van der Waals surface area contributed by atoms with Crippen molar-refractivity contribution in [3.63, 3.8) is 0 Å². The summed E-state index contributed by atoms with van der Waals surface area (Å²) >= 11 is 8.31. The SMILES string of the molecule is OCc1n[nH]c(=S)n1-c1cc(F)ccc1Br. The van der Waals surface area contributed by atoms with Crippen molar-refractivity contribution in [3.05, 3.63) is 39.1 Å². The molecule has 0 unspecified atom stereocenters. The van der Waals surface area contributed by atoms with Gasteiger partial charge in [0.15, 0.2) is 10.6 Å². The third kappa shape index (κ3) is 1.93. The van der Waals surface area contributed by atoms with Gasteiger partial charge >= 0.3 is 0 Å². The molecule has 0 spiro atoms. The normalized spacial score (nSPS) is 10.7. The van der Waals surface area contributed by atoms with Crippen LogP contribution in [0.2, 0.25) is 0 Å². The Kier molecular flexibility index (Phi) is 3.17. The minimum absolute atomic E-state index is 0.282.